The van der Waals surface area contributed by atoms with Crippen molar-refractivity contribution in [3.8, 4) is 0 Å². The number of hydrogen-bond donors (Lipinski definition) is 1. The lowest BCUT2D eigenvalue weighted by molar-refractivity contribution is 1.13. The van der Waals surface area contributed by atoms with E-state index in [0.29, 0.717) is 0 Å². The molecule has 2 heteroatoms. The Morgan fingerprint density at radius 1 is 1.25 bits per heavy atom. The first-order valence-corrected chi connectivity index (χ1v) is 3.95. The van der Waals surface area contributed by atoms with Crippen molar-refractivity contribution >= 4 is 12.4 Å². The molecule has 0 spiro atoms. The first-order valence-electron chi connectivity index (χ1n) is 3.95. The fraction of sp³-hybridized carbons (Fsp3) is 0.100. The fourth-order valence-electron chi connectivity index (χ4n) is 1.16. The van der Waals surface area contributed by atoms with Crippen molar-refractivity contribution < 1.29 is 0 Å². The first-order chi connectivity index (χ1) is 5.95. The van der Waals surface area contributed by atoms with Gasteiger partial charge in [-0.15, -0.1) is 0 Å². The van der Waals surface area contributed by atoms with Crippen LogP contribution in [0.25, 0.3) is 6.08 Å². The van der Waals surface area contributed by atoms with E-state index in [1.54, 1.807) is 6.34 Å². The van der Waals surface area contributed by atoms with Gasteiger partial charge in [-0.3, -0.25) is 4.99 Å². The van der Waals surface area contributed by atoms with E-state index in [1.807, 2.05) is 18.2 Å². The minimum atomic E-state index is 0.773. The summed E-state index contributed by atoms with van der Waals surface area (Å²) >= 11 is 0. The average molecular weight is 158 g/mol. The minimum Gasteiger partial charge on any atom is -0.349 e. The van der Waals surface area contributed by atoms with Crippen molar-refractivity contribution in [2.75, 3.05) is 6.54 Å². The molecular formula is C10H10N2. The Hall–Kier alpha value is -1.57. The molecular weight excluding hydrogens is 148 g/mol. The molecule has 1 aliphatic heterocycles. The Labute approximate surface area is 71.6 Å². The van der Waals surface area contributed by atoms with Crippen molar-refractivity contribution in [2.24, 2.45) is 4.99 Å². The highest BCUT2D eigenvalue weighted by Gasteiger charge is 1.98. The van der Waals surface area contributed by atoms with Crippen molar-refractivity contribution in [3.63, 3.8) is 0 Å². The summed E-state index contributed by atoms with van der Waals surface area (Å²) in [6, 6.07) is 10.2. The van der Waals surface area contributed by atoms with Crippen LogP contribution in [0.15, 0.2) is 41.0 Å². The molecule has 0 radical (unpaired) electrons. The van der Waals surface area contributed by atoms with Gasteiger partial charge in [-0.25, -0.2) is 0 Å². The summed E-state index contributed by atoms with van der Waals surface area (Å²) in [5.74, 6) is 0. The molecule has 1 aromatic rings. The molecule has 2 rings (SSSR count). The lowest BCUT2D eigenvalue weighted by Gasteiger charge is -1.96. The molecule has 60 valence electrons. The maximum Gasteiger partial charge on any atom is 0.0870 e. The number of rotatable bonds is 1. The molecule has 0 saturated heterocycles. The largest absolute Gasteiger partial charge is 0.349 e. The van der Waals surface area contributed by atoms with E-state index in [1.165, 1.54) is 5.56 Å². The van der Waals surface area contributed by atoms with Crippen LogP contribution in [0.2, 0.25) is 0 Å². The van der Waals surface area contributed by atoms with Crippen molar-refractivity contribution in [3.05, 3.63) is 41.6 Å². The third kappa shape index (κ3) is 1.53. The van der Waals surface area contributed by atoms with Crippen LogP contribution in [-0.2, 0) is 0 Å². The highest BCUT2D eigenvalue weighted by atomic mass is 15.0. The number of nitrogens with one attached hydrogen (secondary N) is 1. The Kier molecular flexibility index (Phi) is 1.90. The lowest BCUT2D eigenvalue weighted by Crippen LogP contribution is -2.03. The summed E-state index contributed by atoms with van der Waals surface area (Å²) in [7, 11) is 0. The highest BCUT2D eigenvalue weighted by molar-refractivity contribution is 5.66. The van der Waals surface area contributed by atoms with Crippen LogP contribution in [0, 0.1) is 0 Å². The monoisotopic (exact) mass is 158 g/mol. The molecule has 0 aliphatic carbocycles. The van der Waals surface area contributed by atoms with E-state index in [9.17, 15) is 0 Å². The molecule has 0 fully saturated rings. The van der Waals surface area contributed by atoms with E-state index in [0.717, 1.165) is 12.2 Å². The minimum absolute atomic E-state index is 0.773. The molecule has 1 heterocycles. The standard InChI is InChI=1S/C10H10N2/c1-2-4-9(5-3-1)6-10-7-11-8-12-10/h1-6,8H,7H2,(H,11,12). The Morgan fingerprint density at radius 3 is 2.75 bits per heavy atom. The first kappa shape index (κ1) is 7.10. The van der Waals surface area contributed by atoms with E-state index in [-0.39, 0.29) is 0 Å². The van der Waals surface area contributed by atoms with E-state index < -0.39 is 0 Å². The van der Waals surface area contributed by atoms with Crippen molar-refractivity contribution in [1.29, 1.82) is 0 Å². The predicted octanol–water partition coefficient (Wildman–Crippen LogP) is 1.66. The molecule has 1 aromatic carbocycles. The molecule has 0 unspecified atom stereocenters. The van der Waals surface area contributed by atoms with E-state index in [4.69, 9.17) is 0 Å². The molecule has 0 saturated carbocycles. The van der Waals surface area contributed by atoms with Crippen LogP contribution in [0.1, 0.15) is 5.56 Å². The molecule has 0 aromatic heterocycles. The van der Waals surface area contributed by atoms with Gasteiger partial charge in [0.1, 0.15) is 0 Å². The lowest BCUT2D eigenvalue weighted by atomic mass is 10.2. The average Bonchev–Trinajstić information content (AvgIpc) is 2.59. The van der Waals surface area contributed by atoms with Gasteiger partial charge in [0.2, 0.25) is 0 Å². The Morgan fingerprint density at radius 2 is 2.08 bits per heavy atom. The van der Waals surface area contributed by atoms with Gasteiger partial charge in [-0.05, 0) is 11.6 Å². The van der Waals surface area contributed by atoms with Gasteiger partial charge in [0.05, 0.1) is 12.9 Å². The molecule has 0 atom stereocenters. The zero-order chi connectivity index (χ0) is 8.23. The summed E-state index contributed by atoms with van der Waals surface area (Å²) in [5.41, 5.74) is 2.37. The molecule has 1 aliphatic rings. The maximum absolute atomic E-state index is 4.06. The topological polar surface area (TPSA) is 24.4 Å². The second-order valence-corrected chi connectivity index (χ2v) is 2.69. The fourth-order valence-corrected chi connectivity index (χ4v) is 1.16. The van der Waals surface area contributed by atoms with Gasteiger partial charge in [0, 0.05) is 5.70 Å². The summed E-state index contributed by atoms with van der Waals surface area (Å²) < 4.78 is 0. The smallest absolute Gasteiger partial charge is 0.0870 e. The van der Waals surface area contributed by atoms with Crippen LogP contribution >= 0.6 is 0 Å². The summed E-state index contributed by atoms with van der Waals surface area (Å²) in [6.07, 6.45) is 3.84. The molecule has 0 bridgehead atoms. The number of aliphatic imine (C=N–C) groups is 1. The summed E-state index contributed by atoms with van der Waals surface area (Å²) in [5, 5.41) is 3.07. The number of benzene rings is 1. The zero-order valence-electron chi connectivity index (χ0n) is 6.70. The Bertz CT molecular complexity index is 302. The van der Waals surface area contributed by atoms with E-state index >= 15 is 0 Å². The van der Waals surface area contributed by atoms with Crippen LogP contribution < -0.4 is 5.32 Å². The van der Waals surface area contributed by atoms with Gasteiger partial charge < -0.3 is 5.32 Å². The van der Waals surface area contributed by atoms with Crippen LogP contribution in [-0.4, -0.2) is 12.9 Å². The van der Waals surface area contributed by atoms with E-state index in [2.05, 4.69) is 28.5 Å². The SMILES string of the molecule is C1=NCC(=Cc2ccccc2)N1. The molecule has 0 amide bonds. The normalized spacial score (nSPS) is 18.2. The number of hydrogen-bond acceptors (Lipinski definition) is 2. The molecule has 1 N–H and O–H groups in total. The molecule has 12 heavy (non-hydrogen) atoms. The maximum atomic E-state index is 4.06. The third-order valence-electron chi connectivity index (χ3n) is 1.74. The van der Waals surface area contributed by atoms with Gasteiger partial charge in [0.25, 0.3) is 0 Å². The summed E-state index contributed by atoms with van der Waals surface area (Å²) in [4.78, 5) is 4.06. The van der Waals surface area contributed by atoms with Crippen molar-refractivity contribution in [1.82, 2.24) is 5.32 Å². The van der Waals surface area contributed by atoms with Crippen LogP contribution in [0.3, 0.4) is 0 Å². The molecule has 2 nitrogen and oxygen atoms in total. The second-order valence-electron chi connectivity index (χ2n) is 2.69. The summed E-state index contributed by atoms with van der Waals surface area (Å²) in [6.45, 7) is 0.773. The van der Waals surface area contributed by atoms with Crippen LogP contribution in [0.4, 0.5) is 0 Å². The highest BCUT2D eigenvalue weighted by Crippen LogP contribution is 2.05. The van der Waals surface area contributed by atoms with Crippen molar-refractivity contribution in [2.45, 2.75) is 0 Å². The third-order valence-corrected chi connectivity index (χ3v) is 1.74. The van der Waals surface area contributed by atoms with Crippen LogP contribution in [0.5, 0.6) is 0 Å². The second kappa shape index (κ2) is 3.22. The number of nitrogens with zero attached hydrogens (tertiary/aromatic N) is 1. The Balaban J connectivity index is 2.17. The van der Waals surface area contributed by atoms with Gasteiger partial charge in [0.15, 0.2) is 0 Å². The van der Waals surface area contributed by atoms with Gasteiger partial charge in [-0.2, -0.15) is 0 Å². The zero-order valence-corrected chi connectivity index (χ0v) is 6.70. The predicted molar refractivity (Wildman–Crippen MR) is 50.9 cm³/mol. The quantitative estimate of drug-likeness (QED) is 0.660. The van der Waals surface area contributed by atoms with Gasteiger partial charge >= 0.3 is 0 Å². The van der Waals surface area contributed by atoms with Gasteiger partial charge in [-0.1, -0.05) is 30.3 Å².